The highest BCUT2D eigenvalue weighted by atomic mass is 16.2. The molecular formula is C20H16N4O. The number of anilines is 1. The number of carbonyl (C=O) groups excluding carboxylic acids is 1. The van der Waals surface area contributed by atoms with E-state index in [0.717, 1.165) is 16.9 Å². The molecule has 1 aromatic heterocycles. The van der Waals surface area contributed by atoms with Crippen molar-refractivity contribution in [3.8, 4) is 0 Å². The van der Waals surface area contributed by atoms with Gasteiger partial charge in [-0.1, -0.05) is 48.5 Å². The highest BCUT2D eigenvalue weighted by Crippen LogP contribution is 2.27. The van der Waals surface area contributed by atoms with Crippen LogP contribution < -0.4 is 5.01 Å². The van der Waals surface area contributed by atoms with Crippen LogP contribution in [0.2, 0.25) is 0 Å². The summed E-state index contributed by atoms with van der Waals surface area (Å²) >= 11 is 0. The minimum atomic E-state index is -0.147. The second-order valence-electron chi connectivity index (χ2n) is 5.70. The number of aromatic nitrogens is 2. The highest BCUT2D eigenvalue weighted by Gasteiger charge is 2.32. The van der Waals surface area contributed by atoms with Crippen LogP contribution in [-0.2, 0) is 11.8 Å². The molecule has 4 rings (SSSR count). The quantitative estimate of drug-likeness (QED) is 0.693. The summed E-state index contributed by atoms with van der Waals surface area (Å²) in [5.41, 5.74) is 3.72. The van der Waals surface area contributed by atoms with Crippen LogP contribution in [0.3, 0.4) is 0 Å². The van der Waals surface area contributed by atoms with Crippen LogP contribution in [0, 0.1) is 0 Å². The van der Waals surface area contributed by atoms with Crippen molar-refractivity contribution in [1.82, 2.24) is 9.78 Å². The Kier molecular flexibility index (Phi) is 3.74. The summed E-state index contributed by atoms with van der Waals surface area (Å²) in [6.07, 6.45) is 3.55. The smallest absolute Gasteiger partial charge is 0.269 e. The van der Waals surface area contributed by atoms with E-state index in [2.05, 4.69) is 10.2 Å². The zero-order valence-corrected chi connectivity index (χ0v) is 13.7. The topological polar surface area (TPSA) is 50.5 Å². The van der Waals surface area contributed by atoms with E-state index in [4.69, 9.17) is 0 Å². The predicted octanol–water partition coefficient (Wildman–Crippen LogP) is 3.25. The molecule has 0 radical (unpaired) electrons. The van der Waals surface area contributed by atoms with Gasteiger partial charge in [0.25, 0.3) is 5.91 Å². The summed E-state index contributed by atoms with van der Waals surface area (Å²) in [6.45, 7) is 0. The summed E-state index contributed by atoms with van der Waals surface area (Å²) in [4.78, 5) is 13.0. The summed E-state index contributed by atoms with van der Waals surface area (Å²) in [5, 5.41) is 10.2. The molecule has 0 N–H and O–H groups in total. The van der Waals surface area contributed by atoms with Gasteiger partial charge in [-0.2, -0.15) is 15.2 Å². The van der Waals surface area contributed by atoms with Crippen molar-refractivity contribution in [3.05, 3.63) is 89.8 Å². The third-order valence-corrected chi connectivity index (χ3v) is 4.08. The number of hydrazone groups is 1. The number of hydrogen-bond donors (Lipinski definition) is 0. The van der Waals surface area contributed by atoms with Gasteiger partial charge in [-0.05, 0) is 24.3 Å². The molecule has 0 fully saturated rings. The number of hydrogen-bond acceptors (Lipinski definition) is 3. The molecule has 0 saturated heterocycles. The number of benzene rings is 2. The van der Waals surface area contributed by atoms with Gasteiger partial charge in [0.2, 0.25) is 0 Å². The fraction of sp³-hybridized carbons (Fsp3) is 0.0500. The minimum absolute atomic E-state index is 0.147. The van der Waals surface area contributed by atoms with Crippen molar-refractivity contribution in [2.24, 2.45) is 12.1 Å². The average molecular weight is 328 g/mol. The maximum absolute atomic E-state index is 13.0. The zero-order chi connectivity index (χ0) is 17.2. The number of nitrogens with zero attached hydrogens (tertiary/aromatic N) is 4. The van der Waals surface area contributed by atoms with Crippen LogP contribution in [0.15, 0.2) is 83.6 Å². The molecule has 5 nitrogen and oxygen atoms in total. The number of rotatable bonds is 3. The standard InChI is InChI=1S/C20H16N4O/c1-23-17(12-13-21-23)14-18-19(15-8-4-2-5-9-15)22-24(20(18)25)16-10-6-3-7-11-16/h2-14H,1H3/b18-14+. The average Bonchev–Trinajstić information content (AvgIpc) is 3.21. The number of amides is 1. The molecule has 1 aliphatic heterocycles. The molecule has 0 atom stereocenters. The first-order chi connectivity index (χ1) is 12.2. The molecule has 3 aromatic rings. The molecule has 0 aliphatic carbocycles. The fourth-order valence-corrected chi connectivity index (χ4v) is 2.77. The van der Waals surface area contributed by atoms with Crippen molar-refractivity contribution in [1.29, 1.82) is 0 Å². The summed E-state index contributed by atoms with van der Waals surface area (Å²) in [7, 11) is 1.85. The van der Waals surface area contributed by atoms with Gasteiger partial charge in [0.15, 0.2) is 0 Å². The van der Waals surface area contributed by atoms with E-state index >= 15 is 0 Å². The van der Waals surface area contributed by atoms with E-state index in [9.17, 15) is 4.79 Å². The van der Waals surface area contributed by atoms with Gasteiger partial charge in [-0.15, -0.1) is 0 Å². The van der Waals surface area contributed by atoms with E-state index in [0.29, 0.717) is 11.3 Å². The molecule has 0 spiro atoms. The Balaban J connectivity index is 1.85. The van der Waals surface area contributed by atoms with E-state index in [1.165, 1.54) is 5.01 Å². The van der Waals surface area contributed by atoms with E-state index in [-0.39, 0.29) is 5.91 Å². The lowest BCUT2D eigenvalue weighted by Crippen LogP contribution is -2.21. The summed E-state index contributed by atoms with van der Waals surface area (Å²) in [5.74, 6) is -0.147. The largest absolute Gasteiger partial charge is 0.281 e. The molecule has 1 aliphatic rings. The predicted molar refractivity (Wildman–Crippen MR) is 98.1 cm³/mol. The summed E-state index contributed by atoms with van der Waals surface area (Å²) in [6, 6.07) is 21.0. The van der Waals surface area contributed by atoms with Crippen LogP contribution >= 0.6 is 0 Å². The Morgan fingerprint density at radius 2 is 1.60 bits per heavy atom. The van der Waals surface area contributed by atoms with Gasteiger partial charge >= 0.3 is 0 Å². The Labute approximate surface area is 145 Å². The maximum atomic E-state index is 13.0. The zero-order valence-electron chi connectivity index (χ0n) is 13.7. The second-order valence-corrected chi connectivity index (χ2v) is 5.70. The molecule has 0 saturated carbocycles. The van der Waals surface area contributed by atoms with Crippen LogP contribution in [0.5, 0.6) is 0 Å². The highest BCUT2D eigenvalue weighted by molar-refractivity contribution is 6.37. The molecule has 122 valence electrons. The molecule has 2 aromatic carbocycles. The normalized spacial score (nSPS) is 15.7. The monoisotopic (exact) mass is 328 g/mol. The molecule has 0 bridgehead atoms. The van der Waals surface area contributed by atoms with E-state index in [1.807, 2.05) is 79.9 Å². The number of aryl methyl sites for hydroxylation is 1. The molecule has 1 amide bonds. The van der Waals surface area contributed by atoms with Crippen molar-refractivity contribution in [2.45, 2.75) is 0 Å². The van der Waals surface area contributed by atoms with Gasteiger partial charge in [0, 0.05) is 18.8 Å². The summed E-state index contributed by atoms with van der Waals surface area (Å²) < 4.78 is 1.73. The molecular weight excluding hydrogens is 312 g/mol. The molecule has 5 heteroatoms. The first-order valence-electron chi connectivity index (χ1n) is 7.97. The van der Waals surface area contributed by atoms with Gasteiger partial charge in [0.1, 0.15) is 5.71 Å². The van der Waals surface area contributed by atoms with Crippen LogP contribution in [0.25, 0.3) is 6.08 Å². The Bertz CT molecular complexity index is 971. The van der Waals surface area contributed by atoms with Crippen molar-refractivity contribution < 1.29 is 4.79 Å². The Morgan fingerprint density at radius 1 is 0.920 bits per heavy atom. The van der Waals surface area contributed by atoms with Crippen molar-refractivity contribution >= 4 is 23.4 Å². The fourth-order valence-electron chi connectivity index (χ4n) is 2.77. The Morgan fingerprint density at radius 3 is 2.24 bits per heavy atom. The van der Waals surface area contributed by atoms with Gasteiger partial charge in [-0.25, -0.2) is 0 Å². The lowest BCUT2D eigenvalue weighted by atomic mass is 10.0. The van der Waals surface area contributed by atoms with E-state index in [1.54, 1.807) is 10.9 Å². The lowest BCUT2D eigenvalue weighted by Gasteiger charge is -2.10. The molecule has 0 unspecified atom stereocenters. The van der Waals surface area contributed by atoms with E-state index < -0.39 is 0 Å². The maximum Gasteiger partial charge on any atom is 0.281 e. The number of para-hydroxylation sites is 1. The van der Waals surface area contributed by atoms with Crippen LogP contribution in [0.4, 0.5) is 5.69 Å². The first-order valence-corrected chi connectivity index (χ1v) is 7.97. The third kappa shape index (κ3) is 2.76. The van der Waals surface area contributed by atoms with Crippen molar-refractivity contribution in [3.63, 3.8) is 0 Å². The van der Waals surface area contributed by atoms with Gasteiger partial charge in [-0.3, -0.25) is 9.48 Å². The number of carbonyl (C=O) groups is 1. The third-order valence-electron chi connectivity index (χ3n) is 4.08. The molecule has 2 heterocycles. The van der Waals surface area contributed by atoms with Crippen molar-refractivity contribution in [2.75, 3.05) is 5.01 Å². The van der Waals surface area contributed by atoms with Crippen LogP contribution in [-0.4, -0.2) is 21.4 Å². The first kappa shape index (κ1) is 15.1. The van der Waals surface area contributed by atoms with Crippen LogP contribution in [0.1, 0.15) is 11.3 Å². The van der Waals surface area contributed by atoms with Gasteiger partial charge < -0.3 is 0 Å². The SMILES string of the molecule is Cn1nccc1/C=C1/C(=O)N(c2ccccc2)N=C1c1ccccc1. The molecule has 25 heavy (non-hydrogen) atoms. The second kappa shape index (κ2) is 6.20. The Hall–Kier alpha value is -3.47. The lowest BCUT2D eigenvalue weighted by molar-refractivity contribution is -0.114. The minimum Gasteiger partial charge on any atom is -0.269 e. The van der Waals surface area contributed by atoms with Gasteiger partial charge in [0.05, 0.1) is 17.0 Å².